The molecule has 5 rings (SSSR count). The summed E-state index contributed by atoms with van der Waals surface area (Å²) in [6.45, 7) is 2.11. The number of anilines is 1. The molecular weight excluding hydrogens is 414 g/mol. The highest BCUT2D eigenvalue weighted by Gasteiger charge is 2.57. The van der Waals surface area contributed by atoms with E-state index in [9.17, 15) is 14.4 Å². The van der Waals surface area contributed by atoms with Crippen molar-refractivity contribution < 1.29 is 14.4 Å². The molecule has 0 bridgehead atoms. The van der Waals surface area contributed by atoms with Crippen molar-refractivity contribution in [1.29, 1.82) is 0 Å². The third-order valence-corrected chi connectivity index (χ3v) is 7.05. The van der Waals surface area contributed by atoms with E-state index in [0.29, 0.717) is 6.42 Å². The Labute approximate surface area is 193 Å². The molecule has 0 aliphatic carbocycles. The SMILES string of the molecule is C[C@H](CCc1ccccc1)N1C(=O)NC(=O)[C@@]2(Cc3c(ccc4ccccc34)N(C)C2)C1=O. The van der Waals surface area contributed by atoms with Crippen LogP contribution in [0.5, 0.6) is 0 Å². The van der Waals surface area contributed by atoms with Gasteiger partial charge in [-0.2, -0.15) is 0 Å². The molecule has 3 aromatic carbocycles. The predicted molar refractivity (Wildman–Crippen MR) is 128 cm³/mol. The number of amides is 4. The molecule has 0 radical (unpaired) electrons. The fraction of sp³-hybridized carbons (Fsp3) is 0.296. The molecule has 2 aliphatic rings. The zero-order valence-electron chi connectivity index (χ0n) is 18.9. The van der Waals surface area contributed by atoms with Crippen LogP contribution in [0.15, 0.2) is 66.7 Å². The van der Waals surface area contributed by atoms with Crippen LogP contribution in [0.2, 0.25) is 0 Å². The van der Waals surface area contributed by atoms with E-state index in [4.69, 9.17) is 0 Å². The van der Waals surface area contributed by atoms with Gasteiger partial charge >= 0.3 is 6.03 Å². The summed E-state index contributed by atoms with van der Waals surface area (Å²) in [5.41, 5.74) is 1.80. The Bertz CT molecular complexity index is 1260. The van der Waals surface area contributed by atoms with Crippen molar-refractivity contribution >= 4 is 34.3 Å². The van der Waals surface area contributed by atoms with Crippen LogP contribution in [-0.4, -0.2) is 42.4 Å². The number of fused-ring (bicyclic) bond motifs is 3. The van der Waals surface area contributed by atoms with E-state index < -0.39 is 23.3 Å². The average molecular weight is 442 g/mol. The Hall–Kier alpha value is -3.67. The number of barbiturate groups is 1. The number of carbonyl (C=O) groups excluding carboxylic acids is 3. The number of benzene rings is 3. The lowest BCUT2D eigenvalue weighted by Gasteiger charge is -2.46. The first-order valence-corrected chi connectivity index (χ1v) is 11.4. The van der Waals surface area contributed by atoms with E-state index in [0.717, 1.165) is 34.0 Å². The van der Waals surface area contributed by atoms with Crippen LogP contribution in [0.1, 0.15) is 24.5 Å². The van der Waals surface area contributed by atoms with Crippen LogP contribution in [0.25, 0.3) is 10.8 Å². The number of imide groups is 2. The van der Waals surface area contributed by atoms with Gasteiger partial charge in [-0.1, -0.05) is 60.7 Å². The van der Waals surface area contributed by atoms with Crippen LogP contribution in [0.4, 0.5) is 10.5 Å². The van der Waals surface area contributed by atoms with Gasteiger partial charge in [0.1, 0.15) is 5.41 Å². The molecule has 0 saturated carbocycles. The lowest BCUT2D eigenvalue weighted by Crippen LogP contribution is -2.69. The quantitative estimate of drug-likeness (QED) is 0.623. The highest BCUT2D eigenvalue weighted by Crippen LogP contribution is 2.42. The summed E-state index contributed by atoms with van der Waals surface area (Å²) in [4.78, 5) is 43.1. The Balaban J connectivity index is 1.49. The maximum Gasteiger partial charge on any atom is 0.331 e. The normalized spacial score (nSPS) is 21.3. The van der Waals surface area contributed by atoms with E-state index in [1.54, 1.807) is 0 Å². The summed E-state index contributed by atoms with van der Waals surface area (Å²) in [7, 11) is 1.90. The molecule has 2 aliphatic heterocycles. The first-order valence-electron chi connectivity index (χ1n) is 11.4. The third-order valence-electron chi connectivity index (χ3n) is 7.05. The Morgan fingerprint density at radius 1 is 0.970 bits per heavy atom. The molecule has 168 valence electrons. The molecular formula is C27H27N3O3. The van der Waals surface area contributed by atoms with Crippen LogP contribution in [0.3, 0.4) is 0 Å². The van der Waals surface area contributed by atoms with Crippen LogP contribution in [-0.2, 0) is 22.4 Å². The molecule has 0 unspecified atom stereocenters. The zero-order valence-corrected chi connectivity index (χ0v) is 18.9. The fourth-order valence-electron chi connectivity index (χ4n) is 5.26. The minimum absolute atomic E-state index is 0.234. The third kappa shape index (κ3) is 3.46. The molecule has 1 saturated heterocycles. The number of rotatable bonds is 4. The molecule has 6 nitrogen and oxygen atoms in total. The lowest BCUT2D eigenvalue weighted by molar-refractivity contribution is -0.152. The number of carbonyl (C=O) groups is 3. The van der Waals surface area contributed by atoms with Gasteiger partial charge in [0.15, 0.2) is 0 Å². The van der Waals surface area contributed by atoms with Crippen molar-refractivity contribution in [2.45, 2.75) is 32.2 Å². The summed E-state index contributed by atoms with van der Waals surface area (Å²) in [5, 5.41) is 4.59. The molecule has 1 N–H and O–H groups in total. The van der Waals surface area contributed by atoms with Gasteiger partial charge in [0, 0.05) is 31.7 Å². The zero-order chi connectivity index (χ0) is 23.2. The van der Waals surface area contributed by atoms with E-state index >= 15 is 0 Å². The second-order valence-electron chi connectivity index (χ2n) is 9.21. The summed E-state index contributed by atoms with van der Waals surface area (Å²) in [5.74, 6) is -0.906. The molecule has 4 amide bonds. The highest BCUT2D eigenvalue weighted by atomic mass is 16.2. The van der Waals surface area contributed by atoms with Gasteiger partial charge in [-0.15, -0.1) is 0 Å². The standard InChI is InChI=1S/C27H27N3O3/c1-18(12-13-19-8-4-3-5-9-19)30-25(32)27(24(31)28-26(30)33)16-22-21-11-7-6-10-20(21)14-15-23(22)29(2)17-27/h3-11,14-15,18H,12-13,16-17H2,1-2H3,(H,28,31,33)/t18-,27+/m1/s1. The molecule has 2 atom stereocenters. The molecule has 6 heteroatoms. The second kappa shape index (κ2) is 8.03. The first-order chi connectivity index (χ1) is 15.9. The Morgan fingerprint density at radius 3 is 2.48 bits per heavy atom. The molecule has 0 aromatic heterocycles. The fourth-order valence-corrected chi connectivity index (χ4v) is 5.26. The van der Waals surface area contributed by atoms with Gasteiger partial charge in [-0.25, -0.2) is 4.79 Å². The summed E-state index contributed by atoms with van der Waals surface area (Å²) >= 11 is 0. The van der Waals surface area contributed by atoms with E-state index in [1.807, 2.05) is 79.5 Å². The maximum atomic E-state index is 13.9. The van der Waals surface area contributed by atoms with Crippen molar-refractivity contribution in [3.05, 3.63) is 77.9 Å². The Morgan fingerprint density at radius 2 is 1.70 bits per heavy atom. The maximum absolute atomic E-state index is 13.9. The molecule has 1 fully saturated rings. The number of nitrogens with one attached hydrogen (secondary N) is 1. The molecule has 2 heterocycles. The van der Waals surface area contributed by atoms with Crippen molar-refractivity contribution in [2.75, 3.05) is 18.5 Å². The van der Waals surface area contributed by atoms with Gasteiger partial charge in [0.25, 0.3) is 0 Å². The lowest BCUT2D eigenvalue weighted by atomic mass is 9.73. The number of hydrogen-bond donors (Lipinski definition) is 1. The Kier molecular flexibility index (Phi) is 5.16. The van der Waals surface area contributed by atoms with Gasteiger partial charge in [-0.05, 0) is 47.7 Å². The number of aryl methyl sites for hydroxylation is 1. The van der Waals surface area contributed by atoms with Crippen molar-refractivity contribution in [1.82, 2.24) is 10.2 Å². The van der Waals surface area contributed by atoms with Gasteiger partial charge in [0.2, 0.25) is 11.8 Å². The van der Waals surface area contributed by atoms with Crippen molar-refractivity contribution in [3.8, 4) is 0 Å². The number of hydrogen-bond acceptors (Lipinski definition) is 4. The highest BCUT2D eigenvalue weighted by molar-refractivity contribution is 6.20. The molecule has 33 heavy (non-hydrogen) atoms. The summed E-state index contributed by atoms with van der Waals surface area (Å²) in [6, 6.07) is 21.1. The summed E-state index contributed by atoms with van der Waals surface area (Å²) in [6.07, 6.45) is 1.64. The van der Waals surface area contributed by atoms with Crippen LogP contribution >= 0.6 is 0 Å². The second-order valence-corrected chi connectivity index (χ2v) is 9.21. The van der Waals surface area contributed by atoms with Gasteiger partial charge in [0.05, 0.1) is 0 Å². The smallest absolute Gasteiger partial charge is 0.331 e. The first kappa shape index (κ1) is 21.2. The van der Waals surface area contributed by atoms with Crippen LogP contribution < -0.4 is 10.2 Å². The van der Waals surface area contributed by atoms with Crippen LogP contribution in [0, 0.1) is 5.41 Å². The number of nitrogens with zero attached hydrogens (tertiary/aromatic N) is 2. The van der Waals surface area contributed by atoms with Crippen molar-refractivity contribution in [2.24, 2.45) is 5.41 Å². The average Bonchev–Trinajstić information content (AvgIpc) is 2.82. The monoisotopic (exact) mass is 441 g/mol. The summed E-state index contributed by atoms with van der Waals surface area (Å²) < 4.78 is 0. The van der Waals surface area contributed by atoms with Gasteiger partial charge < -0.3 is 4.90 Å². The molecule has 1 spiro atoms. The minimum Gasteiger partial charge on any atom is -0.373 e. The number of urea groups is 1. The topological polar surface area (TPSA) is 69.7 Å². The largest absolute Gasteiger partial charge is 0.373 e. The predicted octanol–water partition coefficient (Wildman–Crippen LogP) is 3.92. The minimum atomic E-state index is -1.33. The van der Waals surface area contributed by atoms with Crippen molar-refractivity contribution in [3.63, 3.8) is 0 Å². The van der Waals surface area contributed by atoms with E-state index in [-0.39, 0.29) is 19.0 Å². The van der Waals surface area contributed by atoms with E-state index in [2.05, 4.69) is 11.4 Å². The van der Waals surface area contributed by atoms with Gasteiger partial charge in [-0.3, -0.25) is 19.8 Å². The van der Waals surface area contributed by atoms with E-state index in [1.165, 1.54) is 4.90 Å². The molecule has 3 aromatic rings.